The van der Waals surface area contributed by atoms with Crippen LogP contribution in [0.2, 0.25) is 0 Å². The maximum Gasteiger partial charge on any atom is 0.245 e. The predicted octanol–water partition coefficient (Wildman–Crippen LogP) is 2.80. The molecule has 1 aliphatic rings. The van der Waals surface area contributed by atoms with Gasteiger partial charge in [-0.2, -0.15) is 0 Å². The number of imidazole rings is 1. The van der Waals surface area contributed by atoms with Gasteiger partial charge in [0, 0.05) is 31.9 Å². The minimum atomic E-state index is -0.123. The first-order valence-corrected chi connectivity index (χ1v) is 7.54. The molecule has 1 aromatic heterocycles. The summed E-state index contributed by atoms with van der Waals surface area (Å²) in [6, 6.07) is -0.123. The van der Waals surface area contributed by atoms with Gasteiger partial charge in [0.2, 0.25) is 5.91 Å². The van der Waals surface area contributed by atoms with E-state index < -0.39 is 0 Å². The molecule has 1 aliphatic heterocycles. The molecule has 0 aliphatic carbocycles. The molecule has 1 fully saturated rings. The van der Waals surface area contributed by atoms with E-state index in [0.29, 0.717) is 0 Å². The van der Waals surface area contributed by atoms with Gasteiger partial charge in [-0.15, -0.1) is 0 Å². The number of carbonyl (C=O) groups excluding carboxylic acids is 1. The molecule has 2 rings (SSSR count). The lowest BCUT2D eigenvalue weighted by Crippen LogP contribution is -2.37. The van der Waals surface area contributed by atoms with Gasteiger partial charge in [0.1, 0.15) is 11.9 Å². The lowest BCUT2D eigenvalue weighted by Gasteiger charge is -2.25. The smallest absolute Gasteiger partial charge is 0.245 e. The molecule has 0 N–H and O–H groups in total. The van der Waals surface area contributed by atoms with Gasteiger partial charge in [-0.3, -0.25) is 4.79 Å². The molecule has 2 heterocycles. The summed E-state index contributed by atoms with van der Waals surface area (Å²) in [5.74, 6) is 1.27. The highest BCUT2D eigenvalue weighted by Crippen LogP contribution is 2.17. The van der Waals surface area contributed by atoms with E-state index in [1.165, 1.54) is 12.8 Å². The minimum absolute atomic E-state index is 0.123. The van der Waals surface area contributed by atoms with E-state index >= 15 is 0 Å². The largest absolute Gasteiger partial charge is 0.341 e. The Labute approximate surface area is 115 Å². The van der Waals surface area contributed by atoms with Crippen molar-refractivity contribution in [1.29, 1.82) is 0 Å². The van der Waals surface area contributed by atoms with Crippen molar-refractivity contribution in [2.75, 3.05) is 13.1 Å². The average Bonchev–Trinajstić information content (AvgIpc) is 2.71. The van der Waals surface area contributed by atoms with Gasteiger partial charge in [-0.05, 0) is 26.2 Å². The molecule has 0 saturated carbocycles. The van der Waals surface area contributed by atoms with E-state index in [-0.39, 0.29) is 11.9 Å². The van der Waals surface area contributed by atoms with E-state index in [4.69, 9.17) is 0 Å². The minimum Gasteiger partial charge on any atom is -0.341 e. The predicted molar refractivity (Wildman–Crippen MR) is 76.0 cm³/mol. The summed E-state index contributed by atoms with van der Waals surface area (Å²) in [5.41, 5.74) is 0. The van der Waals surface area contributed by atoms with Crippen LogP contribution in [0.5, 0.6) is 0 Å². The quantitative estimate of drug-likeness (QED) is 0.837. The Kier molecular flexibility index (Phi) is 5.00. The fourth-order valence-corrected chi connectivity index (χ4v) is 2.79. The standard InChI is InChI=1S/C15H25N3O/c1-3-8-14-16-9-12-18(14)13(2)15(19)17-10-6-4-5-7-11-17/h9,12-13H,3-8,10-11H2,1-2H3. The highest BCUT2D eigenvalue weighted by atomic mass is 16.2. The Morgan fingerprint density at radius 2 is 2.00 bits per heavy atom. The molecule has 106 valence electrons. The number of aryl methyl sites for hydroxylation is 1. The summed E-state index contributed by atoms with van der Waals surface area (Å²) in [4.78, 5) is 19.0. The zero-order valence-electron chi connectivity index (χ0n) is 12.1. The van der Waals surface area contributed by atoms with Gasteiger partial charge in [-0.1, -0.05) is 19.8 Å². The number of hydrogen-bond donors (Lipinski definition) is 0. The van der Waals surface area contributed by atoms with Gasteiger partial charge >= 0.3 is 0 Å². The highest BCUT2D eigenvalue weighted by Gasteiger charge is 2.23. The first-order chi connectivity index (χ1) is 9.24. The Balaban J connectivity index is 2.06. The van der Waals surface area contributed by atoms with Gasteiger partial charge in [0.15, 0.2) is 0 Å². The van der Waals surface area contributed by atoms with Crippen molar-refractivity contribution >= 4 is 5.91 Å². The molecule has 0 radical (unpaired) electrons. The summed E-state index contributed by atoms with van der Waals surface area (Å²) in [7, 11) is 0. The molecular formula is C15H25N3O. The average molecular weight is 263 g/mol. The number of nitrogens with zero attached hydrogens (tertiary/aromatic N) is 3. The molecule has 1 amide bonds. The number of carbonyl (C=O) groups is 1. The monoisotopic (exact) mass is 263 g/mol. The van der Waals surface area contributed by atoms with Crippen LogP contribution in [0.4, 0.5) is 0 Å². The summed E-state index contributed by atoms with van der Waals surface area (Å²) in [5, 5.41) is 0. The molecule has 0 spiro atoms. The van der Waals surface area contributed by atoms with Gasteiger partial charge in [0.05, 0.1) is 0 Å². The molecule has 19 heavy (non-hydrogen) atoms. The zero-order valence-corrected chi connectivity index (χ0v) is 12.1. The Morgan fingerprint density at radius 1 is 1.32 bits per heavy atom. The van der Waals surface area contributed by atoms with Crippen molar-refractivity contribution in [3.8, 4) is 0 Å². The highest BCUT2D eigenvalue weighted by molar-refractivity contribution is 5.80. The van der Waals surface area contributed by atoms with E-state index in [9.17, 15) is 4.79 Å². The number of rotatable bonds is 4. The normalized spacial score (nSPS) is 18.1. The number of amides is 1. The second kappa shape index (κ2) is 6.73. The maximum absolute atomic E-state index is 12.6. The van der Waals surface area contributed by atoms with Crippen LogP contribution >= 0.6 is 0 Å². The third-order valence-electron chi connectivity index (χ3n) is 3.91. The van der Waals surface area contributed by atoms with Crippen molar-refractivity contribution in [2.45, 2.75) is 58.4 Å². The topological polar surface area (TPSA) is 38.1 Å². The molecule has 1 unspecified atom stereocenters. The number of hydrogen-bond acceptors (Lipinski definition) is 2. The van der Waals surface area contributed by atoms with E-state index in [2.05, 4.69) is 11.9 Å². The van der Waals surface area contributed by atoms with Gasteiger partial charge < -0.3 is 9.47 Å². The van der Waals surface area contributed by atoms with Crippen LogP contribution in [0, 0.1) is 0 Å². The lowest BCUT2D eigenvalue weighted by molar-refractivity contribution is -0.134. The summed E-state index contributed by atoms with van der Waals surface area (Å²) < 4.78 is 2.04. The van der Waals surface area contributed by atoms with E-state index in [1.54, 1.807) is 6.20 Å². The van der Waals surface area contributed by atoms with Gasteiger partial charge in [0.25, 0.3) is 0 Å². The van der Waals surface area contributed by atoms with Crippen LogP contribution in [0.3, 0.4) is 0 Å². The second-order valence-electron chi connectivity index (χ2n) is 5.42. The molecule has 4 nitrogen and oxygen atoms in total. The fraction of sp³-hybridized carbons (Fsp3) is 0.733. The fourth-order valence-electron chi connectivity index (χ4n) is 2.79. The third-order valence-corrected chi connectivity index (χ3v) is 3.91. The van der Waals surface area contributed by atoms with Crippen LogP contribution in [-0.2, 0) is 11.2 Å². The SMILES string of the molecule is CCCc1nccn1C(C)C(=O)N1CCCCCC1. The maximum atomic E-state index is 12.6. The lowest BCUT2D eigenvalue weighted by atomic mass is 10.2. The van der Waals surface area contributed by atoms with E-state index in [1.807, 2.05) is 22.6 Å². The van der Waals surface area contributed by atoms with E-state index in [0.717, 1.165) is 44.6 Å². The molecule has 0 aromatic carbocycles. The Bertz CT molecular complexity index is 405. The number of likely N-dealkylation sites (tertiary alicyclic amines) is 1. The summed E-state index contributed by atoms with van der Waals surface area (Å²) in [6.45, 7) is 5.97. The summed E-state index contributed by atoms with van der Waals surface area (Å²) >= 11 is 0. The van der Waals surface area contributed by atoms with Crippen molar-refractivity contribution < 1.29 is 4.79 Å². The molecule has 1 aromatic rings. The number of aromatic nitrogens is 2. The van der Waals surface area contributed by atoms with Crippen LogP contribution in [0.25, 0.3) is 0 Å². The molecular weight excluding hydrogens is 238 g/mol. The molecule has 4 heteroatoms. The second-order valence-corrected chi connectivity index (χ2v) is 5.42. The first kappa shape index (κ1) is 14.1. The van der Waals surface area contributed by atoms with Crippen molar-refractivity contribution in [3.05, 3.63) is 18.2 Å². The van der Waals surface area contributed by atoms with Crippen molar-refractivity contribution in [1.82, 2.24) is 14.5 Å². The Hall–Kier alpha value is -1.32. The molecule has 1 atom stereocenters. The van der Waals surface area contributed by atoms with Gasteiger partial charge in [-0.25, -0.2) is 4.98 Å². The van der Waals surface area contributed by atoms with Crippen LogP contribution in [-0.4, -0.2) is 33.4 Å². The zero-order chi connectivity index (χ0) is 13.7. The third kappa shape index (κ3) is 3.37. The summed E-state index contributed by atoms with van der Waals surface area (Å²) in [6.07, 6.45) is 10.5. The van der Waals surface area contributed by atoms with Crippen molar-refractivity contribution in [3.63, 3.8) is 0 Å². The van der Waals surface area contributed by atoms with Crippen molar-refractivity contribution in [2.24, 2.45) is 0 Å². The molecule has 0 bridgehead atoms. The van der Waals surface area contributed by atoms with Crippen LogP contribution in [0.1, 0.15) is 57.8 Å². The van der Waals surface area contributed by atoms with Crippen LogP contribution < -0.4 is 0 Å². The Morgan fingerprint density at radius 3 is 2.63 bits per heavy atom. The molecule has 1 saturated heterocycles. The first-order valence-electron chi connectivity index (χ1n) is 7.54. The van der Waals surface area contributed by atoms with Crippen LogP contribution in [0.15, 0.2) is 12.4 Å².